The average molecular weight is 296 g/mol. The molecule has 2 atom stereocenters. The minimum atomic E-state index is -0.531. The number of aromatic nitrogens is 1. The number of amides is 1. The number of hydrogen-bond acceptors (Lipinski definition) is 5. The molecule has 2 heterocycles. The number of nitrogens with one attached hydrogen (secondary N) is 1. The fourth-order valence-corrected chi connectivity index (χ4v) is 3.22. The summed E-state index contributed by atoms with van der Waals surface area (Å²) >= 11 is 2.80. The predicted molar refractivity (Wildman–Crippen MR) is 77.7 cm³/mol. The molecule has 0 aliphatic heterocycles. The maximum Gasteiger partial charge on any atom is 0.254 e. The fraction of sp³-hybridized carbons (Fsp3) is 0.385. The van der Waals surface area contributed by atoms with E-state index in [1.165, 1.54) is 22.9 Å². The second-order valence-electron chi connectivity index (χ2n) is 4.46. The lowest BCUT2D eigenvalue weighted by Gasteiger charge is -2.17. The molecule has 0 aliphatic carbocycles. The third-order valence-corrected chi connectivity index (χ3v) is 4.51. The lowest BCUT2D eigenvalue weighted by atomic mass is 10.1. The zero-order valence-electron chi connectivity index (χ0n) is 10.8. The van der Waals surface area contributed by atoms with Gasteiger partial charge in [0.05, 0.1) is 17.4 Å². The topological polar surface area (TPSA) is 62.2 Å². The summed E-state index contributed by atoms with van der Waals surface area (Å²) in [6.07, 6.45) is -0.0277. The van der Waals surface area contributed by atoms with Crippen LogP contribution in [0.2, 0.25) is 0 Å². The Bertz CT molecular complexity index is 537. The summed E-state index contributed by atoms with van der Waals surface area (Å²) in [4.78, 5) is 12.9. The Hall–Kier alpha value is -1.24. The Morgan fingerprint density at radius 2 is 2.37 bits per heavy atom. The normalized spacial score (nSPS) is 14.1. The predicted octanol–water partition coefficient (Wildman–Crippen LogP) is 2.76. The van der Waals surface area contributed by atoms with Gasteiger partial charge in [0.15, 0.2) is 0 Å². The molecule has 2 unspecified atom stereocenters. The van der Waals surface area contributed by atoms with Crippen LogP contribution in [-0.2, 0) is 0 Å². The van der Waals surface area contributed by atoms with Crippen LogP contribution in [0, 0.1) is 6.92 Å². The summed E-state index contributed by atoms with van der Waals surface area (Å²) in [5, 5.41) is 16.6. The van der Waals surface area contributed by atoms with Gasteiger partial charge in [0.25, 0.3) is 5.91 Å². The molecule has 2 aromatic heterocycles. The number of carbonyl (C=O) groups excluding carboxylic acids is 1. The first kappa shape index (κ1) is 14.2. The molecule has 0 saturated heterocycles. The maximum absolute atomic E-state index is 12.0. The van der Waals surface area contributed by atoms with E-state index in [1.807, 2.05) is 31.4 Å². The quantitative estimate of drug-likeness (QED) is 0.892. The Morgan fingerprint density at radius 3 is 2.95 bits per heavy atom. The molecule has 0 radical (unpaired) electrons. The summed E-state index contributed by atoms with van der Waals surface area (Å²) in [5.41, 5.74) is 1.36. The van der Waals surface area contributed by atoms with Crippen molar-refractivity contribution >= 4 is 28.8 Å². The van der Waals surface area contributed by atoms with E-state index in [0.717, 1.165) is 10.6 Å². The first-order valence-corrected chi connectivity index (χ1v) is 7.73. The number of nitrogens with zero attached hydrogens (tertiary/aromatic N) is 1. The maximum atomic E-state index is 12.0. The van der Waals surface area contributed by atoms with Crippen molar-refractivity contribution in [3.8, 4) is 0 Å². The van der Waals surface area contributed by atoms with Gasteiger partial charge in [0, 0.05) is 16.3 Å². The van der Waals surface area contributed by atoms with Gasteiger partial charge in [-0.2, -0.15) is 4.37 Å². The molecule has 0 spiro atoms. The number of hydrogen-bond donors (Lipinski definition) is 2. The second-order valence-corrected chi connectivity index (χ2v) is 6.06. The van der Waals surface area contributed by atoms with Crippen molar-refractivity contribution in [1.82, 2.24) is 9.69 Å². The molecule has 19 heavy (non-hydrogen) atoms. The van der Waals surface area contributed by atoms with E-state index < -0.39 is 6.10 Å². The Kier molecular flexibility index (Phi) is 4.68. The van der Waals surface area contributed by atoms with Gasteiger partial charge in [0.1, 0.15) is 0 Å². The molecule has 0 saturated carbocycles. The highest BCUT2D eigenvalue weighted by Gasteiger charge is 2.17. The average Bonchev–Trinajstić information content (AvgIpc) is 2.98. The summed E-state index contributed by atoms with van der Waals surface area (Å²) in [5.74, 6) is -0.128. The Morgan fingerprint density at radius 1 is 1.58 bits per heavy atom. The van der Waals surface area contributed by atoms with Crippen LogP contribution >= 0.6 is 22.9 Å². The van der Waals surface area contributed by atoms with Gasteiger partial charge in [-0.05, 0) is 43.2 Å². The van der Waals surface area contributed by atoms with Crippen molar-refractivity contribution in [2.75, 3.05) is 0 Å². The van der Waals surface area contributed by atoms with Crippen LogP contribution in [0.4, 0.5) is 0 Å². The van der Waals surface area contributed by atoms with Gasteiger partial charge in [-0.25, -0.2) is 0 Å². The second kappa shape index (κ2) is 6.27. The van der Waals surface area contributed by atoms with Crippen LogP contribution in [0.5, 0.6) is 0 Å². The molecule has 0 bridgehead atoms. The van der Waals surface area contributed by atoms with Crippen LogP contribution in [0.15, 0.2) is 22.9 Å². The van der Waals surface area contributed by atoms with Crippen molar-refractivity contribution in [1.29, 1.82) is 0 Å². The summed E-state index contributed by atoms with van der Waals surface area (Å²) in [7, 11) is 0. The van der Waals surface area contributed by atoms with Gasteiger partial charge in [-0.1, -0.05) is 6.07 Å². The monoisotopic (exact) mass is 296 g/mol. The van der Waals surface area contributed by atoms with Crippen molar-refractivity contribution in [2.24, 2.45) is 0 Å². The number of carbonyl (C=O) groups is 1. The number of aliphatic hydroxyl groups excluding tert-OH is 1. The standard InChI is InChI=1S/C13H16N2O2S2/c1-8(6-11(16)12-4-3-5-18-12)14-13(17)10-7-19-15-9(10)2/h3-5,7-8,11,16H,6H2,1-2H3,(H,14,17). The highest BCUT2D eigenvalue weighted by atomic mass is 32.1. The van der Waals surface area contributed by atoms with Gasteiger partial charge < -0.3 is 10.4 Å². The molecule has 0 aromatic carbocycles. The van der Waals surface area contributed by atoms with Crippen molar-refractivity contribution in [3.63, 3.8) is 0 Å². The minimum absolute atomic E-state index is 0.0936. The van der Waals surface area contributed by atoms with E-state index in [9.17, 15) is 9.90 Å². The highest BCUT2D eigenvalue weighted by Crippen LogP contribution is 2.23. The molecule has 102 valence electrons. The largest absolute Gasteiger partial charge is 0.387 e. The van der Waals surface area contributed by atoms with E-state index in [0.29, 0.717) is 12.0 Å². The van der Waals surface area contributed by atoms with Crippen molar-refractivity contribution in [3.05, 3.63) is 39.0 Å². The van der Waals surface area contributed by atoms with Crippen LogP contribution in [0.3, 0.4) is 0 Å². The zero-order valence-corrected chi connectivity index (χ0v) is 12.4. The third kappa shape index (κ3) is 3.62. The van der Waals surface area contributed by atoms with Crippen LogP contribution < -0.4 is 5.32 Å². The Balaban J connectivity index is 1.89. The van der Waals surface area contributed by atoms with E-state index in [4.69, 9.17) is 0 Å². The summed E-state index contributed by atoms with van der Waals surface area (Å²) in [6.45, 7) is 3.71. The van der Waals surface area contributed by atoms with E-state index in [2.05, 4.69) is 9.69 Å². The number of aliphatic hydroxyl groups is 1. The number of thiophene rings is 1. The van der Waals surface area contributed by atoms with Crippen LogP contribution in [-0.4, -0.2) is 21.4 Å². The SMILES string of the molecule is Cc1nscc1C(=O)NC(C)CC(O)c1cccs1. The fourth-order valence-electron chi connectivity index (χ4n) is 1.80. The molecule has 2 aromatic rings. The minimum Gasteiger partial charge on any atom is -0.387 e. The number of rotatable bonds is 5. The van der Waals surface area contributed by atoms with Gasteiger partial charge >= 0.3 is 0 Å². The zero-order chi connectivity index (χ0) is 13.8. The molecular formula is C13H16N2O2S2. The van der Waals surface area contributed by atoms with E-state index >= 15 is 0 Å². The highest BCUT2D eigenvalue weighted by molar-refractivity contribution is 7.10. The first-order chi connectivity index (χ1) is 9.08. The molecule has 2 rings (SSSR count). The summed E-state index contributed by atoms with van der Waals surface area (Å²) < 4.78 is 4.08. The Labute approximate surface area is 120 Å². The molecule has 1 amide bonds. The van der Waals surface area contributed by atoms with Crippen LogP contribution in [0.1, 0.15) is 40.4 Å². The summed E-state index contributed by atoms with van der Waals surface area (Å²) in [6, 6.07) is 3.72. The van der Waals surface area contributed by atoms with Gasteiger partial charge in [0.2, 0.25) is 0 Å². The first-order valence-electron chi connectivity index (χ1n) is 6.01. The lowest BCUT2D eigenvalue weighted by molar-refractivity contribution is 0.0918. The molecule has 0 aliphatic rings. The van der Waals surface area contributed by atoms with Crippen LogP contribution in [0.25, 0.3) is 0 Å². The number of aryl methyl sites for hydroxylation is 1. The molecule has 6 heteroatoms. The molecule has 4 nitrogen and oxygen atoms in total. The van der Waals surface area contributed by atoms with Gasteiger partial charge in [-0.15, -0.1) is 11.3 Å². The van der Waals surface area contributed by atoms with E-state index in [-0.39, 0.29) is 11.9 Å². The van der Waals surface area contributed by atoms with Crippen molar-refractivity contribution in [2.45, 2.75) is 32.4 Å². The van der Waals surface area contributed by atoms with Gasteiger partial charge in [-0.3, -0.25) is 4.79 Å². The van der Waals surface area contributed by atoms with E-state index in [1.54, 1.807) is 5.38 Å². The lowest BCUT2D eigenvalue weighted by Crippen LogP contribution is -2.33. The molecular weight excluding hydrogens is 280 g/mol. The molecule has 0 fully saturated rings. The molecule has 2 N–H and O–H groups in total. The van der Waals surface area contributed by atoms with Crippen molar-refractivity contribution < 1.29 is 9.90 Å². The third-order valence-electron chi connectivity index (χ3n) is 2.82. The smallest absolute Gasteiger partial charge is 0.254 e.